The summed E-state index contributed by atoms with van der Waals surface area (Å²) in [4.78, 5) is 11.0. The highest BCUT2D eigenvalue weighted by molar-refractivity contribution is 5.33. The maximum atomic E-state index is 5.36. The van der Waals surface area contributed by atoms with Crippen molar-refractivity contribution in [1.82, 2.24) is 14.9 Å². The first-order valence-electron chi connectivity index (χ1n) is 5.62. The topological polar surface area (TPSA) is 67.1 Å². The van der Waals surface area contributed by atoms with Crippen molar-refractivity contribution in [3.63, 3.8) is 0 Å². The lowest BCUT2D eigenvalue weighted by Crippen LogP contribution is -2.31. The minimum atomic E-state index is 0.489. The van der Waals surface area contributed by atoms with Crippen LogP contribution in [0.2, 0.25) is 0 Å². The third-order valence-corrected chi connectivity index (χ3v) is 2.53. The van der Waals surface area contributed by atoms with E-state index in [1.807, 2.05) is 13.0 Å². The van der Waals surface area contributed by atoms with Gasteiger partial charge in [-0.25, -0.2) is 15.8 Å². The molecule has 0 spiro atoms. The predicted octanol–water partition coefficient (Wildman–Crippen LogP) is 1.30. The van der Waals surface area contributed by atoms with Crippen LogP contribution in [0, 0.1) is 6.92 Å². The molecule has 0 aromatic carbocycles. The highest BCUT2D eigenvalue weighted by atomic mass is 15.3. The van der Waals surface area contributed by atoms with E-state index < -0.39 is 0 Å². The summed E-state index contributed by atoms with van der Waals surface area (Å²) < 4.78 is 0. The quantitative estimate of drug-likeness (QED) is 0.582. The monoisotopic (exact) mass is 223 g/mol. The van der Waals surface area contributed by atoms with Gasteiger partial charge in [0, 0.05) is 17.8 Å². The second-order valence-corrected chi connectivity index (χ2v) is 4.11. The number of hydrogen-bond acceptors (Lipinski definition) is 5. The Balaban J connectivity index is 2.83. The van der Waals surface area contributed by atoms with Gasteiger partial charge in [-0.3, -0.25) is 4.90 Å². The number of aryl methyl sites for hydroxylation is 1. The van der Waals surface area contributed by atoms with Crippen LogP contribution in [0.1, 0.15) is 32.3 Å². The molecule has 1 rings (SSSR count). The molecule has 3 N–H and O–H groups in total. The molecule has 0 radical (unpaired) electrons. The molecule has 1 aromatic heterocycles. The Labute approximate surface area is 97.0 Å². The lowest BCUT2D eigenvalue weighted by molar-refractivity contribution is 0.219. The van der Waals surface area contributed by atoms with E-state index in [2.05, 4.69) is 41.1 Å². The summed E-state index contributed by atoms with van der Waals surface area (Å²) in [5.74, 6) is 6.83. The molecule has 1 heterocycles. The average molecular weight is 223 g/mol. The lowest BCUT2D eigenvalue weighted by Gasteiger charge is -2.23. The van der Waals surface area contributed by atoms with E-state index in [0.29, 0.717) is 11.9 Å². The number of nitrogens with one attached hydrogen (secondary N) is 1. The number of hydrogen-bond donors (Lipinski definition) is 2. The number of anilines is 1. The van der Waals surface area contributed by atoms with Crippen molar-refractivity contribution < 1.29 is 0 Å². The van der Waals surface area contributed by atoms with E-state index in [1.165, 1.54) is 0 Å². The summed E-state index contributed by atoms with van der Waals surface area (Å²) in [5, 5.41) is 0. The minimum absolute atomic E-state index is 0.489. The molecule has 0 saturated carbocycles. The van der Waals surface area contributed by atoms with Crippen LogP contribution < -0.4 is 11.3 Å². The van der Waals surface area contributed by atoms with Gasteiger partial charge in [0.2, 0.25) is 0 Å². The molecule has 0 saturated heterocycles. The molecule has 0 aliphatic carbocycles. The van der Waals surface area contributed by atoms with Crippen molar-refractivity contribution in [2.75, 3.05) is 12.0 Å². The zero-order valence-corrected chi connectivity index (χ0v) is 10.5. The molecule has 5 heteroatoms. The Kier molecular flexibility index (Phi) is 4.64. The fraction of sp³-hybridized carbons (Fsp3) is 0.636. The van der Waals surface area contributed by atoms with E-state index in [4.69, 9.17) is 5.84 Å². The molecular formula is C11H21N5. The Bertz CT molecular complexity index is 337. The maximum absolute atomic E-state index is 5.36. The first-order valence-corrected chi connectivity index (χ1v) is 5.62. The van der Waals surface area contributed by atoms with Crippen LogP contribution in [0.15, 0.2) is 6.07 Å². The van der Waals surface area contributed by atoms with Gasteiger partial charge in [-0.05, 0) is 27.3 Å². The van der Waals surface area contributed by atoms with Crippen molar-refractivity contribution in [1.29, 1.82) is 0 Å². The summed E-state index contributed by atoms with van der Waals surface area (Å²) in [6.45, 7) is 10.2. The normalized spacial score (nSPS) is 11.2. The third kappa shape index (κ3) is 3.43. The molecule has 0 bridgehead atoms. The van der Waals surface area contributed by atoms with Crippen molar-refractivity contribution in [2.45, 2.75) is 40.3 Å². The molecular weight excluding hydrogens is 202 g/mol. The molecule has 90 valence electrons. The van der Waals surface area contributed by atoms with Crippen molar-refractivity contribution in [2.24, 2.45) is 5.84 Å². The van der Waals surface area contributed by atoms with E-state index in [1.54, 1.807) is 0 Å². The van der Waals surface area contributed by atoms with Crippen LogP contribution in [0.5, 0.6) is 0 Å². The fourth-order valence-electron chi connectivity index (χ4n) is 1.62. The smallest absolute Gasteiger partial charge is 0.145 e. The second-order valence-electron chi connectivity index (χ2n) is 4.11. The Morgan fingerprint density at radius 1 is 1.44 bits per heavy atom. The maximum Gasteiger partial charge on any atom is 0.145 e. The van der Waals surface area contributed by atoms with Crippen LogP contribution >= 0.6 is 0 Å². The molecule has 5 nitrogen and oxygen atoms in total. The third-order valence-electron chi connectivity index (χ3n) is 2.53. The molecule has 0 atom stereocenters. The number of nitrogen functional groups attached to an aromatic ring is 1. The Hall–Kier alpha value is -1.20. The Morgan fingerprint density at radius 3 is 2.62 bits per heavy atom. The minimum Gasteiger partial charge on any atom is -0.308 e. The van der Waals surface area contributed by atoms with Gasteiger partial charge in [-0.15, -0.1) is 0 Å². The number of hydrazine groups is 1. The van der Waals surface area contributed by atoms with Gasteiger partial charge in [-0.2, -0.15) is 0 Å². The van der Waals surface area contributed by atoms with E-state index in [-0.39, 0.29) is 0 Å². The highest BCUT2D eigenvalue weighted by Crippen LogP contribution is 2.08. The van der Waals surface area contributed by atoms with E-state index in [0.717, 1.165) is 24.6 Å². The summed E-state index contributed by atoms with van der Waals surface area (Å²) in [5.41, 5.74) is 3.49. The van der Waals surface area contributed by atoms with Crippen molar-refractivity contribution in [3.8, 4) is 0 Å². The number of nitrogens with zero attached hydrogens (tertiary/aromatic N) is 3. The average Bonchev–Trinajstić information content (AvgIpc) is 2.24. The summed E-state index contributed by atoms with van der Waals surface area (Å²) >= 11 is 0. The molecule has 0 aliphatic heterocycles. The highest BCUT2D eigenvalue weighted by Gasteiger charge is 2.10. The molecule has 0 fully saturated rings. The first-order chi connectivity index (χ1) is 7.56. The van der Waals surface area contributed by atoms with Crippen LogP contribution in [-0.2, 0) is 6.54 Å². The van der Waals surface area contributed by atoms with Crippen LogP contribution in [0.3, 0.4) is 0 Å². The zero-order valence-electron chi connectivity index (χ0n) is 10.5. The zero-order chi connectivity index (χ0) is 12.1. The lowest BCUT2D eigenvalue weighted by atomic mass is 10.3. The molecule has 16 heavy (non-hydrogen) atoms. The fourth-order valence-corrected chi connectivity index (χ4v) is 1.62. The SMILES string of the molecule is CCN(Cc1nc(C)cc(NN)n1)C(C)C. The van der Waals surface area contributed by atoms with E-state index in [9.17, 15) is 0 Å². The molecule has 1 aromatic rings. The molecule has 0 amide bonds. The predicted molar refractivity (Wildman–Crippen MR) is 65.8 cm³/mol. The largest absolute Gasteiger partial charge is 0.308 e. The van der Waals surface area contributed by atoms with E-state index >= 15 is 0 Å². The number of rotatable bonds is 5. The van der Waals surface area contributed by atoms with Crippen molar-refractivity contribution >= 4 is 5.82 Å². The number of aromatic nitrogens is 2. The van der Waals surface area contributed by atoms with Gasteiger partial charge in [0.1, 0.15) is 11.6 Å². The number of nitrogens with two attached hydrogens (primary N) is 1. The summed E-state index contributed by atoms with van der Waals surface area (Å²) in [6, 6.07) is 2.32. The first kappa shape index (κ1) is 12.9. The van der Waals surface area contributed by atoms with Gasteiger partial charge in [0.05, 0.1) is 6.54 Å². The van der Waals surface area contributed by atoms with Crippen LogP contribution in [0.25, 0.3) is 0 Å². The van der Waals surface area contributed by atoms with Crippen LogP contribution in [-0.4, -0.2) is 27.5 Å². The standard InChI is InChI=1S/C11H21N5/c1-5-16(8(2)3)7-11-13-9(4)6-10(14-11)15-12/h6,8H,5,7,12H2,1-4H3,(H,13,14,15). The van der Waals surface area contributed by atoms with Gasteiger partial charge in [0.25, 0.3) is 0 Å². The Morgan fingerprint density at radius 2 is 2.12 bits per heavy atom. The van der Waals surface area contributed by atoms with Gasteiger partial charge in [0.15, 0.2) is 0 Å². The van der Waals surface area contributed by atoms with Gasteiger partial charge < -0.3 is 5.43 Å². The molecule has 0 unspecified atom stereocenters. The van der Waals surface area contributed by atoms with Gasteiger partial charge in [-0.1, -0.05) is 6.92 Å². The second kappa shape index (κ2) is 5.77. The van der Waals surface area contributed by atoms with Gasteiger partial charge >= 0.3 is 0 Å². The summed E-state index contributed by atoms with van der Waals surface area (Å²) in [7, 11) is 0. The van der Waals surface area contributed by atoms with Crippen LogP contribution in [0.4, 0.5) is 5.82 Å². The molecule has 0 aliphatic rings. The summed E-state index contributed by atoms with van der Waals surface area (Å²) in [6.07, 6.45) is 0. The van der Waals surface area contributed by atoms with Crippen molar-refractivity contribution in [3.05, 3.63) is 17.6 Å².